The molecule has 1 fully saturated rings. The highest BCUT2D eigenvalue weighted by Gasteiger charge is 2.48. The fourth-order valence-corrected chi connectivity index (χ4v) is 4.93. The lowest BCUT2D eigenvalue weighted by Crippen LogP contribution is -2.50. The molecule has 3 unspecified atom stereocenters. The highest BCUT2D eigenvalue weighted by molar-refractivity contribution is 9.10. The van der Waals surface area contributed by atoms with Crippen LogP contribution in [0, 0.1) is 11.3 Å². The van der Waals surface area contributed by atoms with Crippen LogP contribution in [0.3, 0.4) is 0 Å². The first-order valence-corrected chi connectivity index (χ1v) is 8.32. The standard InChI is InChI=1S/C17H24BrNO/c1-11-7-16(2,3)10-17(8-11)9-14(19)13-5-4-12(18)6-15(13)20-17/h4-6,11,14H,7-10,19H2,1-3H3. The van der Waals surface area contributed by atoms with Gasteiger partial charge in [-0.25, -0.2) is 0 Å². The smallest absolute Gasteiger partial charge is 0.126 e. The van der Waals surface area contributed by atoms with E-state index in [0.29, 0.717) is 11.3 Å². The summed E-state index contributed by atoms with van der Waals surface area (Å²) in [5.74, 6) is 1.67. The van der Waals surface area contributed by atoms with E-state index >= 15 is 0 Å². The molecule has 1 aromatic carbocycles. The van der Waals surface area contributed by atoms with Gasteiger partial charge in [-0.2, -0.15) is 0 Å². The van der Waals surface area contributed by atoms with Crippen LogP contribution in [0.2, 0.25) is 0 Å². The van der Waals surface area contributed by atoms with Gasteiger partial charge in [0.05, 0.1) is 0 Å². The minimum atomic E-state index is -0.0750. The first-order valence-electron chi connectivity index (χ1n) is 7.53. The molecule has 0 saturated heterocycles. The molecular weight excluding hydrogens is 314 g/mol. The van der Waals surface area contributed by atoms with E-state index in [0.717, 1.165) is 35.0 Å². The summed E-state index contributed by atoms with van der Waals surface area (Å²) in [5, 5.41) is 0. The van der Waals surface area contributed by atoms with Crippen molar-refractivity contribution in [1.29, 1.82) is 0 Å². The zero-order chi connectivity index (χ0) is 14.5. The van der Waals surface area contributed by atoms with Crippen LogP contribution in [0.25, 0.3) is 0 Å². The van der Waals surface area contributed by atoms with Gasteiger partial charge in [0, 0.05) is 22.5 Å². The van der Waals surface area contributed by atoms with Crippen molar-refractivity contribution in [2.24, 2.45) is 17.1 Å². The molecule has 0 aromatic heterocycles. The molecular formula is C17H24BrNO. The maximum absolute atomic E-state index is 6.51. The predicted molar refractivity (Wildman–Crippen MR) is 85.8 cm³/mol. The number of halogens is 1. The van der Waals surface area contributed by atoms with Crippen molar-refractivity contribution < 1.29 is 4.74 Å². The molecule has 3 rings (SSSR count). The van der Waals surface area contributed by atoms with Crippen LogP contribution < -0.4 is 10.5 Å². The Morgan fingerprint density at radius 1 is 1.25 bits per heavy atom. The van der Waals surface area contributed by atoms with Gasteiger partial charge in [0.1, 0.15) is 11.4 Å². The molecule has 2 aliphatic rings. The maximum Gasteiger partial charge on any atom is 0.126 e. The van der Waals surface area contributed by atoms with Gasteiger partial charge in [-0.1, -0.05) is 42.8 Å². The zero-order valence-electron chi connectivity index (χ0n) is 12.6. The normalized spacial score (nSPS) is 35.5. The lowest BCUT2D eigenvalue weighted by molar-refractivity contribution is -0.0571. The highest BCUT2D eigenvalue weighted by Crippen LogP contribution is 2.52. The Morgan fingerprint density at radius 2 is 2.00 bits per heavy atom. The van der Waals surface area contributed by atoms with Crippen LogP contribution >= 0.6 is 15.9 Å². The summed E-state index contributed by atoms with van der Waals surface area (Å²) in [6, 6.07) is 6.30. The van der Waals surface area contributed by atoms with Crippen molar-refractivity contribution in [2.75, 3.05) is 0 Å². The Labute approximate surface area is 130 Å². The molecule has 20 heavy (non-hydrogen) atoms. The summed E-state index contributed by atoms with van der Waals surface area (Å²) in [7, 11) is 0. The van der Waals surface area contributed by atoms with Gasteiger partial charge in [0.15, 0.2) is 0 Å². The van der Waals surface area contributed by atoms with Gasteiger partial charge in [0.2, 0.25) is 0 Å². The van der Waals surface area contributed by atoms with Crippen molar-refractivity contribution in [2.45, 2.75) is 58.1 Å². The monoisotopic (exact) mass is 337 g/mol. The quantitative estimate of drug-likeness (QED) is 0.736. The van der Waals surface area contributed by atoms with Crippen LogP contribution in [0.1, 0.15) is 58.1 Å². The largest absolute Gasteiger partial charge is 0.487 e. The van der Waals surface area contributed by atoms with Crippen LogP contribution in [0.15, 0.2) is 22.7 Å². The molecule has 0 radical (unpaired) electrons. The average Bonchev–Trinajstić information content (AvgIpc) is 2.23. The molecule has 2 nitrogen and oxygen atoms in total. The number of benzene rings is 1. The third-order valence-corrected chi connectivity index (χ3v) is 5.21. The van der Waals surface area contributed by atoms with E-state index in [2.05, 4.69) is 48.8 Å². The average molecular weight is 338 g/mol. The summed E-state index contributed by atoms with van der Waals surface area (Å²) in [6.45, 7) is 7.05. The Kier molecular flexibility index (Phi) is 3.41. The fourth-order valence-electron chi connectivity index (χ4n) is 4.59. The molecule has 3 atom stereocenters. The molecule has 110 valence electrons. The summed E-state index contributed by atoms with van der Waals surface area (Å²) in [4.78, 5) is 0. The minimum absolute atomic E-state index is 0.0750. The first-order chi connectivity index (χ1) is 9.29. The van der Waals surface area contributed by atoms with Crippen molar-refractivity contribution in [3.63, 3.8) is 0 Å². The van der Waals surface area contributed by atoms with Gasteiger partial charge >= 0.3 is 0 Å². The molecule has 1 spiro atoms. The SMILES string of the molecule is CC1CC(C)(C)CC2(C1)CC(N)c1ccc(Br)cc1O2. The lowest BCUT2D eigenvalue weighted by atomic mass is 9.63. The summed E-state index contributed by atoms with van der Waals surface area (Å²) in [6.07, 6.45) is 4.44. The van der Waals surface area contributed by atoms with Crippen molar-refractivity contribution in [3.05, 3.63) is 28.2 Å². The summed E-state index contributed by atoms with van der Waals surface area (Å²) < 4.78 is 7.57. The van der Waals surface area contributed by atoms with E-state index in [-0.39, 0.29) is 11.6 Å². The molecule has 1 aliphatic heterocycles. The minimum Gasteiger partial charge on any atom is -0.487 e. The van der Waals surface area contributed by atoms with E-state index in [1.807, 2.05) is 6.07 Å². The van der Waals surface area contributed by atoms with Crippen molar-refractivity contribution in [3.8, 4) is 5.75 Å². The second-order valence-electron chi connectivity index (χ2n) is 7.63. The number of hydrogen-bond donors (Lipinski definition) is 1. The van der Waals surface area contributed by atoms with E-state index in [1.165, 1.54) is 6.42 Å². The second kappa shape index (κ2) is 4.74. The van der Waals surface area contributed by atoms with Crippen LogP contribution in [0.5, 0.6) is 5.75 Å². The third-order valence-electron chi connectivity index (χ3n) is 4.72. The van der Waals surface area contributed by atoms with E-state index in [4.69, 9.17) is 10.5 Å². The Balaban J connectivity index is 1.97. The topological polar surface area (TPSA) is 35.2 Å². The van der Waals surface area contributed by atoms with Gasteiger partial charge in [-0.15, -0.1) is 0 Å². The molecule has 1 heterocycles. The van der Waals surface area contributed by atoms with Gasteiger partial charge in [-0.3, -0.25) is 0 Å². The van der Waals surface area contributed by atoms with Gasteiger partial charge in [0.25, 0.3) is 0 Å². The number of nitrogens with two attached hydrogens (primary N) is 1. The van der Waals surface area contributed by atoms with E-state index < -0.39 is 0 Å². The molecule has 1 aromatic rings. The molecule has 3 heteroatoms. The Bertz CT molecular complexity index is 528. The Hall–Kier alpha value is -0.540. The van der Waals surface area contributed by atoms with Crippen LogP contribution in [-0.4, -0.2) is 5.60 Å². The third kappa shape index (κ3) is 2.62. The highest BCUT2D eigenvalue weighted by atomic mass is 79.9. The predicted octanol–water partition coefficient (Wildman–Crippen LogP) is 4.82. The lowest BCUT2D eigenvalue weighted by Gasteiger charge is -2.50. The number of hydrogen-bond acceptors (Lipinski definition) is 2. The van der Waals surface area contributed by atoms with E-state index in [1.54, 1.807) is 0 Å². The van der Waals surface area contributed by atoms with Crippen LogP contribution in [0.4, 0.5) is 0 Å². The zero-order valence-corrected chi connectivity index (χ0v) is 14.2. The van der Waals surface area contributed by atoms with Crippen molar-refractivity contribution in [1.82, 2.24) is 0 Å². The van der Waals surface area contributed by atoms with Crippen LogP contribution in [-0.2, 0) is 0 Å². The number of fused-ring (bicyclic) bond motifs is 1. The second-order valence-corrected chi connectivity index (χ2v) is 8.55. The number of ether oxygens (including phenoxy) is 1. The molecule has 0 bridgehead atoms. The van der Waals surface area contributed by atoms with Gasteiger partial charge in [-0.05, 0) is 42.7 Å². The summed E-state index contributed by atoms with van der Waals surface area (Å²) in [5.41, 5.74) is 7.85. The van der Waals surface area contributed by atoms with E-state index in [9.17, 15) is 0 Å². The summed E-state index contributed by atoms with van der Waals surface area (Å²) >= 11 is 3.54. The molecule has 0 amide bonds. The molecule has 2 N–H and O–H groups in total. The molecule has 1 aliphatic carbocycles. The fraction of sp³-hybridized carbons (Fsp3) is 0.647. The molecule has 1 saturated carbocycles. The van der Waals surface area contributed by atoms with Gasteiger partial charge < -0.3 is 10.5 Å². The Morgan fingerprint density at radius 3 is 2.70 bits per heavy atom. The van der Waals surface area contributed by atoms with Crippen molar-refractivity contribution >= 4 is 15.9 Å². The first kappa shape index (κ1) is 14.4. The number of rotatable bonds is 0. The maximum atomic E-state index is 6.51.